The first-order valence-corrected chi connectivity index (χ1v) is 10.8. The number of nitrogens with one attached hydrogen (secondary N) is 1. The lowest BCUT2D eigenvalue weighted by Gasteiger charge is -2.27. The number of rotatable bonds is 4. The Hall–Kier alpha value is -2.38. The maximum atomic E-state index is 13.0. The van der Waals surface area contributed by atoms with Crippen LogP contribution in [0.15, 0.2) is 35.2 Å². The van der Waals surface area contributed by atoms with Gasteiger partial charge in [-0.05, 0) is 56.5 Å². The Kier molecular flexibility index (Phi) is 5.76. The van der Waals surface area contributed by atoms with Gasteiger partial charge in [-0.3, -0.25) is 9.52 Å². The number of amides is 1. The maximum absolute atomic E-state index is 13.0. The number of nitrogens with zero attached hydrogens (tertiary/aromatic N) is 1. The summed E-state index contributed by atoms with van der Waals surface area (Å²) in [6.45, 7) is 9.55. The standard InChI is InChI=1S/C21H26N2O4S/c1-14-11-16(3)20(17(4)12-14)22-28(25,26)18-6-5-15(2)19(13-18)21(24)23-7-9-27-10-8-23/h5-6,11-13,22H,7-10H2,1-4H3. The van der Waals surface area contributed by atoms with Crippen molar-refractivity contribution < 1.29 is 17.9 Å². The van der Waals surface area contributed by atoms with E-state index < -0.39 is 10.0 Å². The zero-order valence-electron chi connectivity index (χ0n) is 16.7. The van der Waals surface area contributed by atoms with Crippen LogP contribution in [0.5, 0.6) is 0 Å². The van der Waals surface area contributed by atoms with Gasteiger partial charge in [0.1, 0.15) is 0 Å². The molecule has 28 heavy (non-hydrogen) atoms. The number of carbonyl (C=O) groups excluding carboxylic acids is 1. The number of carbonyl (C=O) groups is 1. The van der Waals surface area contributed by atoms with Crippen molar-refractivity contribution >= 4 is 21.6 Å². The quantitative estimate of drug-likeness (QED) is 0.852. The Morgan fingerprint density at radius 1 is 0.964 bits per heavy atom. The number of benzene rings is 2. The summed E-state index contributed by atoms with van der Waals surface area (Å²) < 4.78 is 34.0. The van der Waals surface area contributed by atoms with Crippen LogP contribution in [0.1, 0.15) is 32.6 Å². The normalized spacial score (nSPS) is 14.8. The van der Waals surface area contributed by atoms with Crippen LogP contribution in [0.3, 0.4) is 0 Å². The summed E-state index contributed by atoms with van der Waals surface area (Å²) in [6.07, 6.45) is 0. The van der Waals surface area contributed by atoms with E-state index in [1.165, 1.54) is 12.1 Å². The Morgan fingerprint density at radius 2 is 1.57 bits per heavy atom. The van der Waals surface area contributed by atoms with Crippen molar-refractivity contribution in [2.24, 2.45) is 0 Å². The summed E-state index contributed by atoms with van der Waals surface area (Å²) in [7, 11) is -3.82. The van der Waals surface area contributed by atoms with E-state index in [1.54, 1.807) is 11.0 Å². The molecule has 0 radical (unpaired) electrons. The highest BCUT2D eigenvalue weighted by atomic mass is 32.2. The molecule has 3 rings (SSSR count). The lowest BCUT2D eigenvalue weighted by atomic mass is 10.1. The molecule has 1 fully saturated rings. The van der Waals surface area contributed by atoms with Gasteiger partial charge in [-0.25, -0.2) is 8.42 Å². The molecule has 1 aliphatic rings. The number of hydrogen-bond donors (Lipinski definition) is 1. The molecule has 1 N–H and O–H groups in total. The third kappa shape index (κ3) is 4.20. The summed E-state index contributed by atoms with van der Waals surface area (Å²) in [4.78, 5) is 14.6. The molecule has 7 heteroatoms. The molecule has 0 spiro atoms. The van der Waals surface area contributed by atoms with Crippen LogP contribution in [-0.2, 0) is 14.8 Å². The molecule has 2 aromatic rings. The third-order valence-corrected chi connectivity index (χ3v) is 6.31. The largest absolute Gasteiger partial charge is 0.378 e. The van der Waals surface area contributed by atoms with Crippen molar-refractivity contribution in [2.75, 3.05) is 31.0 Å². The third-order valence-electron chi connectivity index (χ3n) is 4.96. The summed E-state index contributed by atoms with van der Waals surface area (Å²) in [5.41, 5.74) is 4.52. The molecule has 0 aliphatic carbocycles. The monoisotopic (exact) mass is 402 g/mol. The van der Waals surface area contributed by atoms with E-state index in [0.717, 1.165) is 22.3 Å². The first-order chi connectivity index (χ1) is 13.2. The van der Waals surface area contributed by atoms with Crippen LogP contribution in [0.25, 0.3) is 0 Å². The fourth-order valence-corrected chi connectivity index (χ4v) is 4.70. The van der Waals surface area contributed by atoms with Gasteiger partial charge in [0.05, 0.1) is 23.8 Å². The molecule has 0 bridgehead atoms. The Morgan fingerprint density at radius 3 is 2.18 bits per heavy atom. The van der Waals surface area contributed by atoms with E-state index in [1.807, 2.05) is 39.8 Å². The van der Waals surface area contributed by atoms with Crippen molar-refractivity contribution in [1.82, 2.24) is 4.90 Å². The van der Waals surface area contributed by atoms with Crippen molar-refractivity contribution in [3.05, 3.63) is 58.1 Å². The Balaban J connectivity index is 1.94. The molecule has 0 unspecified atom stereocenters. The van der Waals surface area contributed by atoms with Gasteiger partial charge in [0.15, 0.2) is 0 Å². The van der Waals surface area contributed by atoms with Crippen LogP contribution in [-0.4, -0.2) is 45.5 Å². The van der Waals surface area contributed by atoms with E-state index in [9.17, 15) is 13.2 Å². The van der Waals surface area contributed by atoms with Gasteiger partial charge in [0.2, 0.25) is 0 Å². The van der Waals surface area contributed by atoms with Crippen molar-refractivity contribution in [1.29, 1.82) is 0 Å². The Labute approximate surface area is 166 Å². The highest BCUT2D eigenvalue weighted by Gasteiger charge is 2.23. The lowest BCUT2D eigenvalue weighted by molar-refractivity contribution is 0.0302. The Bertz CT molecular complexity index is 986. The molecule has 1 aliphatic heterocycles. The second-order valence-electron chi connectivity index (χ2n) is 7.26. The van der Waals surface area contributed by atoms with E-state index >= 15 is 0 Å². The molecule has 0 atom stereocenters. The van der Waals surface area contributed by atoms with Gasteiger partial charge in [-0.2, -0.15) is 0 Å². The van der Waals surface area contributed by atoms with Crippen LogP contribution in [0.4, 0.5) is 5.69 Å². The predicted octanol–water partition coefficient (Wildman–Crippen LogP) is 3.19. The van der Waals surface area contributed by atoms with Crippen molar-refractivity contribution in [2.45, 2.75) is 32.6 Å². The van der Waals surface area contributed by atoms with Gasteiger partial charge >= 0.3 is 0 Å². The van der Waals surface area contributed by atoms with Crippen LogP contribution in [0, 0.1) is 27.7 Å². The van der Waals surface area contributed by atoms with Crippen LogP contribution in [0.2, 0.25) is 0 Å². The molecular formula is C21H26N2O4S. The highest BCUT2D eigenvalue weighted by Crippen LogP contribution is 2.26. The van der Waals surface area contributed by atoms with E-state index in [4.69, 9.17) is 4.74 Å². The minimum atomic E-state index is -3.82. The van der Waals surface area contributed by atoms with Crippen LogP contribution >= 0.6 is 0 Å². The number of anilines is 1. The molecular weight excluding hydrogens is 376 g/mol. The number of sulfonamides is 1. The molecule has 0 aromatic heterocycles. The van der Waals surface area contributed by atoms with Gasteiger partial charge in [0.25, 0.3) is 15.9 Å². The van der Waals surface area contributed by atoms with E-state index in [2.05, 4.69) is 4.72 Å². The molecule has 150 valence electrons. The second kappa shape index (κ2) is 7.93. The first kappa shape index (κ1) is 20.4. The summed E-state index contributed by atoms with van der Waals surface area (Å²) in [5.74, 6) is -0.166. The summed E-state index contributed by atoms with van der Waals surface area (Å²) in [6, 6.07) is 8.55. The van der Waals surface area contributed by atoms with E-state index in [-0.39, 0.29) is 10.8 Å². The fraction of sp³-hybridized carbons (Fsp3) is 0.381. The fourth-order valence-electron chi connectivity index (χ4n) is 3.47. The molecule has 2 aromatic carbocycles. The molecule has 0 saturated carbocycles. The first-order valence-electron chi connectivity index (χ1n) is 9.27. The predicted molar refractivity (Wildman–Crippen MR) is 109 cm³/mol. The number of morpholine rings is 1. The molecule has 1 heterocycles. The van der Waals surface area contributed by atoms with Crippen LogP contribution < -0.4 is 4.72 Å². The maximum Gasteiger partial charge on any atom is 0.261 e. The van der Waals surface area contributed by atoms with Crippen molar-refractivity contribution in [3.8, 4) is 0 Å². The number of aryl methyl sites for hydroxylation is 4. The SMILES string of the molecule is Cc1cc(C)c(NS(=O)(=O)c2ccc(C)c(C(=O)N3CCOCC3)c2)c(C)c1. The highest BCUT2D eigenvalue weighted by molar-refractivity contribution is 7.92. The molecule has 6 nitrogen and oxygen atoms in total. The average Bonchev–Trinajstić information content (AvgIpc) is 2.65. The van der Waals surface area contributed by atoms with Crippen molar-refractivity contribution in [3.63, 3.8) is 0 Å². The second-order valence-corrected chi connectivity index (χ2v) is 8.94. The topological polar surface area (TPSA) is 75.7 Å². The minimum absolute atomic E-state index is 0.0779. The minimum Gasteiger partial charge on any atom is -0.378 e. The summed E-state index contributed by atoms with van der Waals surface area (Å²) >= 11 is 0. The van der Waals surface area contributed by atoms with Gasteiger partial charge in [-0.1, -0.05) is 23.8 Å². The van der Waals surface area contributed by atoms with Gasteiger partial charge in [-0.15, -0.1) is 0 Å². The number of ether oxygens (including phenoxy) is 1. The molecule has 1 amide bonds. The zero-order chi connectivity index (χ0) is 20.5. The molecule has 1 saturated heterocycles. The average molecular weight is 403 g/mol. The van der Waals surface area contributed by atoms with Gasteiger partial charge < -0.3 is 9.64 Å². The van der Waals surface area contributed by atoms with E-state index in [0.29, 0.717) is 37.6 Å². The zero-order valence-corrected chi connectivity index (χ0v) is 17.5. The lowest BCUT2D eigenvalue weighted by Crippen LogP contribution is -2.41. The number of hydrogen-bond acceptors (Lipinski definition) is 4. The van der Waals surface area contributed by atoms with Gasteiger partial charge in [0, 0.05) is 18.7 Å². The summed E-state index contributed by atoms with van der Waals surface area (Å²) in [5, 5.41) is 0. The smallest absolute Gasteiger partial charge is 0.261 e.